The molecule has 0 aliphatic rings. The molecular weight excluding hydrogens is 357 g/mol. The topological polar surface area (TPSA) is 58.2 Å². The molecule has 0 spiro atoms. The van der Waals surface area contributed by atoms with Crippen LogP contribution in [-0.2, 0) is 11.0 Å². The van der Waals surface area contributed by atoms with Crippen molar-refractivity contribution in [2.45, 2.75) is 13.1 Å². The fraction of sp³-hybridized carbons (Fsp3) is 0.176. The third-order valence-corrected chi connectivity index (χ3v) is 3.52. The molecule has 0 radical (unpaired) electrons. The van der Waals surface area contributed by atoms with Gasteiger partial charge in [0.25, 0.3) is 0 Å². The molecule has 132 valence electrons. The standard InChI is InChI=1S/C17H14ClF3N2O2/c1-10(24)11-3-2-4-13(7-11)22-9-16(25)23-15-6-5-12(18)8-14(15)17(19,20)21/h2-8,22H,9H2,1H3,(H,23,25). The first-order chi connectivity index (χ1) is 11.7. The number of ketones is 1. The molecule has 0 aliphatic heterocycles. The van der Waals surface area contributed by atoms with Crippen LogP contribution in [0.25, 0.3) is 0 Å². The van der Waals surface area contributed by atoms with Crippen molar-refractivity contribution in [3.05, 3.63) is 58.6 Å². The Hall–Kier alpha value is -2.54. The minimum Gasteiger partial charge on any atom is -0.376 e. The summed E-state index contributed by atoms with van der Waals surface area (Å²) in [4.78, 5) is 23.2. The Morgan fingerprint density at radius 1 is 1.12 bits per heavy atom. The average Bonchev–Trinajstić information content (AvgIpc) is 2.54. The lowest BCUT2D eigenvalue weighted by Crippen LogP contribution is -2.23. The number of hydrogen-bond donors (Lipinski definition) is 2. The molecule has 2 rings (SSSR count). The molecule has 1 amide bonds. The van der Waals surface area contributed by atoms with Crippen LogP contribution in [0.5, 0.6) is 0 Å². The monoisotopic (exact) mass is 370 g/mol. The normalized spacial score (nSPS) is 11.1. The first-order valence-corrected chi connectivity index (χ1v) is 7.56. The maximum atomic E-state index is 13.0. The van der Waals surface area contributed by atoms with Crippen LogP contribution < -0.4 is 10.6 Å². The van der Waals surface area contributed by atoms with Crippen molar-refractivity contribution >= 4 is 34.7 Å². The minimum atomic E-state index is -4.64. The fourth-order valence-electron chi connectivity index (χ4n) is 2.08. The van der Waals surface area contributed by atoms with Crippen molar-refractivity contribution in [1.82, 2.24) is 0 Å². The Bertz CT molecular complexity index is 807. The molecule has 0 aromatic heterocycles. The molecule has 0 saturated heterocycles. The van der Waals surface area contributed by atoms with Gasteiger partial charge in [-0.3, -0.25) is 9.59 Å². The van der Waals surface area contributed by atoms with Crippen LogP contribution in [0.3, 0.4) is 0 Å². The summed E-state index contributed by atoms with van der Waals surface area (Å²) in [5, 5.41) is 4.88. The van der Waals surface area contributed by atoms with Gasteiger partial charge in [-0.15, -0.1) is 0 Å². The van der Waals surface area contributed by atoms with Gasteiger partial charge in [0.05, 0.1) is 17.8 Å². The van der Waals surface area contributed by atoms with E-state index in [1.54, 1.807) is 24.3 Å². The van der Waals surface area contributed by atoms with E-state index in [0.717, 1.165) is 12.1 Å². The molecule has 0 aliphatic carbocycles. The Morgan fingerprint density at radius 2 is 1.84 bits per heavy atom. The molecule has 2 aromatic carbocycles. The zero-order valence-corrected chi connectivity index (χ0v) is 13.8. The Balaban J connectivity index is 2.06. The lowest BCUT2D eigenvalue weighted by Gasteiger charge is -2.14. The molecule has 0 atom stereocenters. The van der Waals surface area contributed by atoms with E-state index in [2.05, 4.69) is 10.6 Å². The third kappa shape index (κ3) is 5.22. The highest BCUT2D eigenvalue weighted by atomic mass is 35.5. The van der Waals surface area contributed by atoms with Gasteiger partial charge in [-0.2, -0.15) is 13.2 Å². The van der Waals surface area contributed by atoms with Crippen LogP contribution in [0.4, 0.5) is 24.5 Å². The maximum Gasteiger partial charge on any atom is 0.418 e. The first kappa shape index (κ1) is 18.8. The van der Waals surface area contributed by atoms with Crippen LogP contribution in [0.15, 0.2) is 42.5 Å². The van der Waals surface area contributed by atoms with Crippen molar-refractivity contribution in [3.8, 4) is 0 Å². The second kappa shape index (κ2) is 7.57. The van der Waals surface area contributed by atoms with Crippen molar-refractivity contribution in [2.75, 3.05) is 17.2 Å². The largest absolute Gasteiger partial charge is 0.418 e. The molecule has 2 aromatic rings. The van der Waals surface area contributed by atoms with E-state index in [1.165, 1.54) is 13.0 Å². The number of nitrogens with one attached hydrogen (secondary N) is 2. The summed E-state index contributed by atoms with van der Waals surface area (Å²) >= 11 is 5.59. The molecule has 25 heavy (non-hydrogen) atoms. The summed E-state index contributed by atoms with van der Waals surface area (Å²) in [6.07, 6.45) is -4.64. The van der Waals surface area contributed by atoms with Crippen LogP contribution in [0, 0.1) is 0 Å². The molecule has 8 heteroatoms. The smallest absolute Gasteiger partial charge is 0.376 e. The zero-order chi connectivity index (χ0) is 18.6. The zero-order valence-electron chi connectivity index (χ0n) is 13.1. The van der Waals surface area contributed by atoms with Crippen LogP contribution >= 0.6 is 11.6 Å². The third-order valence-electron chi connectivity index (χ3n) is 3.28. The Kier molecular flexibility index (Phi) is 5.69. The highest BCUT2D eigenvalue weighted by Crippen LogP contribution is 2.36. The summed E-state index contributed by atoms with van der Waals surface area (Å²) < 4.78 is 39.0. The number of halogens is 4. The van der Waals surface area contributed by atoms with Gasteiger partial charge in [-0.25, -0.2) is 0 Å². The number of carbonyl (C=O) groups excluding carboxylic acids is 2. The molecule has 0 bridgehead atoms. The van der Waals surface area contributed by atoms with E-state index in [9.17, 15) is 22.8 Å². The SMILES string of the molecule is CC(=O)c1cccc(NCC(=O)Nc2ccc(Cl)cc2C(F)(F)F)c1. The highest BCUT2D eigenvalue weighted by Gasteiger charge is 2.34. The van der Waals surface area contributed by atoms with E-state index < -0.39 is 17.6 Å². The summed E-state index contributed by atoms with van der Waals surface area (Å²) in [6, 6.07) is 9.56. The first-order valence-electron chi connectivity index (χ1n) is 7.18. The quantitative estimate of drug-likeness (QED) is 0.755. The summed E-state index contributed by atoms with van der Waals surface area (Å²) in [7, 11) is 0. The van der Waals surface area contributed by atoms with Gasteiger partial charge in [-0.1, -0.05) is 23.7 Å². The van der Waals surface area contributed by atoms with Gasteiger partial charge in [0, 0.05) is 16.3 Å². The van der Waals surface area contributed by atoms with E-state index in [4.69, 9.17) is 11.6 Å². The summed E-state index contributed by atoms with van der Waals surface area (Å²) in [6.45, 7) is 1.15. The van der Waals surface area contributed by atoms with Crippen molar-refractivity contribution in [3.63, 3.8) is 0 Å². The molecule has 0 saturated carbocycles. The number of Topliss-reactive ketones (excluding diaryl/α,β-unsaturated/α-hetero) is 1. The lowest BCUT2D eigenvalue weighted by molar-refractivity contribution is -0.137. The number of benzene rings is 2. The number of carbonyl (C=O) groups is 2. The number of amides is 1. The maximum absolute atomic E-state index is 13.0. The second-order valence-corrected chi connectivity index (χ2v) is 5.66. The number of alkyl halides is 3. The van der Waals surface area contributed by atoms with E-state index >= 15 is 0 Å². The number of rotatable bonds is 5. The molecule has 0 fully saturated rings. The predicted molar refractivity (Wildman–Crippen MR) is 90.0 cm³/mol. The van der Waals surface area contributed by atoms with Crippen molar-refractivity contribution in [2.24, 2.45) is 0 Å². The van der Waals surface area contributed by atoms with Gasteiger partial charge in [0.2, 0.25) is 5.91 Å². The van der Waals surface area contributed by atoms with Gasteiger partial charge >= 0.3 is 6.18 Å². The van der Waals surface area contributed by atoms with Gasteiger partial charge in [-0.05, 0) is 37.3 Å². The van der Waals surface area contributed by atoms with Crippen LogP contribution in [-0.4, -0.2) is 18.2 Å². The molecular formula is C17H14ClF3N2O2. The predicted octanol–water partition coefficient (Wildman–Crippen LogP) is 4.61. The number of hydrogen-bond acceptors (Lipinski definition) is 3. The summed E-state index contributed by atoms with van der Waals surface area (Å²) in [5.41, 5.74) is -0.425. The van der Waals surface area contributed by atoms with Gasteiger partial charge in [0.15, 0.2) is 5.78 Å². The number of anilines is 2. The highest BCUT2D eigenvalue weighted by molar-refractivity contribution is 6.30. The van der Waals surface area contributed by atoms with Crippen LogP contribution in [0.1, 0.15) is 22.8 Å². The summed E-state index contributed by atoms with van der Waals surface area (Å²) in [5.74, 6) is -0.801. The second-order valence-electron chi connectivity index (χ2n) is 5.23. The van der Waals surface area contributed by atoms with Crippen molar-refractivity contribution in [1.29, 1.82) is 0 Å². The molecule has 2 N–H and O–H groups in total. The Morgan fingerprint density at radius 3 is 2.48 bits per heavy atom. The lowest BCUT2D eigenvalue weighted by atomic mass is 10.1. The van der Waals surface area contributed by atoms with E-state index in [-0.39, 0.29) is 23.0 Å². The molecule has 0 unspecified atom stereocenters. The fourth-order valence-corrected chi connectivity index (χ4v) is 2.26. The van der Waals surface area contributed by atoms with E-state index in [1.807, 2.05) is 0 Å². The van der Waals surface area contributed by atoms with E-state index in [0.29, 0.717) is 11.3 Å². The molecule has 4 nitrogen and oxygen atoms in total. The van der Waals surface area contributed by atoms with Crippen LogP contribution in [0.2, 0.25) is 5.02 Å². The van der Waals surface area contributed by atoms with Crippen molar-refractivity contribution < 1.29 is 22.8 Å². The average molecular weight is 371 g/mol. The minimum absolute atomic E-state index is 0.0792. The Labute approximate surface area is 147 Å². The van der Waals surface area contributed by atoms with Gasteiger partial charge in [0.1, 0.15) is 0 Å². The van der Waals surface area contributed by atoms with Gasteiger partial charge < -0.3 is 10.6 Å². The molecule has 0 heterocycles.